The third kappa shape index (κ3) is 7.15. The molecule has 1 aromatic carbocycles. The maximum Gasteiger partial charge on any atom is 0.289 e. The summed E-state index contributed by atoms with van der Waals surface area (Å²) in [6.45, 7) is 8.46. The van der Waals surface area contributed by atoms with Gasteiger partial charge in [0.05, 0.1) is 12.9 Å². The maximum absolute atomic E-state index is 12.4. The quantitative estimate of drug-likeness (QED) is 0.328. The first-order valence-electron chi connectivity index (χ1n) is 10.6. The molecule has 1 aromatic heterocycles. The van der Waals surface area contributed by atoms with E-state index >= 15 is 0 Å². The number of carbonyl (C=O) groups excluding carboxylic acids is 1. The van der Waals surface area contributed by atoms with Crippen molar-refractivity contribution in [2.45, 2.75) is 26.8 Å². The number of nitrogens with zero attached hydrogens (tertiary/aromatic N) is 3. The van der Waals surface area contributed by atoms with Crippen LogP contribution in [0.3, 0.4) is 0 Å². The standard InChI is InChI=1S/C23H32N4O3.HI/c1-18(2)10-16-30-20-8-5-4-7-19(20)17-25-23(24-3)27-13-11-26(12-14-27)22(28)21-9-6-15-29-21;/h4-9,15,18H,10-14,16-17H2,1-3H3,(H,24,25);1H. The van der Waals surface area contributed by atoms with Gasteiger partial charge in [-0.1, -0.05) is 32.0 Å². The molecule has 0 unspecified atom stereocenters. The average Bonchev–Trinajstić information content (AvgIpc) is 3.30. The molecule has 2 heterocycles. The summed E-state index contributed by atoms with van der Waals surface area (Å²) in [5.41, 5.74) is 1.11. The molecule has 0 radical (unpaired) electrons. The minimum absolute atomic E-state index is 0. The lowest BCUT2D eigenvalue weighted by molar-refractivity contribution is 0.0657. The number of furan rings is 1. The summed E-state index contributed by atoms with van der Waals surface area (Å²) in [7, 11) is 1.79. The molecular formula is C23H33IN4O3. The van der Waals surface area contributed by atoms with E-state index in [1.165, 1.54) is 6.26 Å². The summed E-state index contributed by atoms with van der Waals surface area (Å²) in [4.78, 5) is 20.9. The van der Waals surface area contributed by atoms with Crippen LogP contribution in [0.1, 0.15) is 36.4 Å². The van der Waals surface area contributed by atoms with Gasteiger partial charge in [0.2, 0.25) is 0 Å². The molecule has 0 bridgehead atoms. The molecule has 1 aliphatic rings. The lowest BCUT2D eigenvalue weighted by Gasteiger charge is -2.36. The number of aliphatic imine (C=N–C) groups is 1. The van der Waals surface area contributed by atoms with Gasteiger partial charge in [0.25, 0.3) is 5.91 Å². The number of piperazine rings is 1. The zero-order valence-electron chi connectivity index (χ0n) is 18.5. The zero-order valence-corrected chi connectivity index (χ0v) is 20.9. The van der Waals surface area contributed by atoms with Crippen molar-refractivity contribution in [2.75, 3.05) is 39.8 Å². The summed E-state index contributed by atoms with van der Waals surface area (Å²) in [5, 5.41) is 3.44. The fraction of sp³-hybridized carbons (Fsp3) is 0.478. The number of ether oxygens (including phenoxy) is 1. The SMILES string of the molecule is CN=C(NCc1ccccc1OCCC(C)C)N1CCN(C(=O)c2ccco2)CC1.I. The highest BCUT2D eigenvalue weighted by atomic mass is 127. The first-order chi connectivity index (χ1) is 14.6. The summed E-state index contributed by atoms with van der Waals surface area (Å²) >= 11 is 0. The van der Waals surface area contributed by atoms with E-state index in [4.69, 9.17) is 9.15 Å². The monoisotopic (exact) mass is 540 g/mol. The van der Waals surface area contributed by atoms with Gasteiger partial charge in [0, 0.05) is 45.3 Å². The lowest BCUT2D eigenvalue weighted by Crippen LogP contribution is -2.53. The summed E-state index contributed by atoms with van der Waals surface area (Å²) in [5.74, 6) is 2.69. The van der Waals surface area contributed by atoms with Crippen LogP contribution in [0.4, 0.5) is 0 Å². The average molecular weight is 540 g/mol. The van der Waals surface area contributed by atoms with E-state index in [0.29, 0.717) is 31.3 Å². The van der Waals surface area contributed by atoms with Crippen LogP contribution >= 0.6 is 24.0 Å². The number of carbonyl (C=O) groups is 1. The highest BCUT2D eigenvalue weighted by Gasteiger charge is 2.25. The Balaban J connectivity index is 0.00000341. The minimum Gasteiger partial charge on any atom is -0.493 e. The van der Waals surface area contributed by atoms with Gasteiger partial charge < -0.3 is 24.3 Å². The first kappa shape index (κ1) is 25.0. The fourth-order valence-electron chi connectivity index (χ4n) is 3.38. The molecule has 1 saturated heterocycles. The number of halogens is 1. The molecule has 7 nitrogen and oxygen atoms in total. The van der Waals surface area contributed by atoms with Crippen LogP contribution in [0, 0.1) is 5.92 Å². The van der Waals surface area contributed by atoms with Crippen molar-refractivity contribution < 1.29 is 13.9 Å². The van der Waals surface area contributed by atoms with Gasteiger partial charge >= 0.3 is 0 Å². The van der Waals surface area contributed by atoms with Crippen molar-refractivity contribution in [1.82, 2.24) is 15.1 Å². The van der Waals surface area contributed by atoms with E-state index in [2.05, 4.69) is 35.1 Å². The van der Waals surface area contributed by atoms with E-state index in [1.807, 2.05) is 23.1 Å². The minimum atomic E-state index is -0.0601. The smallest absolute Gasteiger partial charge is 0.289 e. The molecule has 0 aliphatic carbocycles. The van der Waals surface area contributed by atoms with Gasteiger partial charge in [-0.25, -0.2) is 0 Å². The molecule has 1 N–H and O–H groups in total. The molecule has 3 rings (SSSR count). The normalized spacial score (nSPS) is 14.4. The summed E-state index contributed by atoms with van der Waals surface area (Å²) < 4.78 is 11.2. The number of guanidine groups is 1. The van der Waals surface area contributed by atoms with Crippen LogP contribution in [0.2, 0.25) is 0 Å². The molecule has 2 aromatic rings. The van der Waals surface area contributed by atoms with Crippen LogP contribution in [-0.4, -0.2) is 61.5 Å². The number of rotatable bonds is 7. The van der Waals surface area contributed by atoms with Crippen LogP contribution in [0.25, 0.3) is 0 Å². The Labute approximate surface area is 201 Å². The van der Waals surface area contributed by atoms with Gasteiger partial charge in [0.15, 0.2) is 11.7 Å². The maximum atomic E-state index is 12.4. The third-order valence-electron chi connectivity index (χ3n) is 5.17. The van der Waals surface area contributed by atoms with Gasteiger partial charge in [-0.15, -0.1) is 24.0 Å². The van der Waals surface area contributed by atoms with Crippen molar-refractivity contribution in [1.29, 1.82) is 0 Å². The number of hydrogen-bond donors (Lipinski definition) is 1. The second kappa shape index (κ2) is 12.6. The molecule has 0 saturated carbocycles. The topological polar surface area (TPSA) is 70.3 Å². The fourth-order valence-corrected chi connectivity index (χ4v) is 3.38. The number of nitrogens with one attached hydrogen (secondary N) is 1. The van der Waals surface area contributed by atoms with Crippen LogP contribution < -0.4 is 10.1 Å². The van der Waals surface area contributed by atoms with Crippen LogP contribution in [-0.2, 0) is 6.54 Å². The Morgan fingerprint density at radius 1 is 1.13 bits per heavy atom. The number of benzene rings is 1. The third-order valence-corrected chi connectivity index (χ3v) is 5.17. The van der Waals surface area contributed by atoms with E-state index in [9.17, 15) is 4.79 Å². The summed E-state index contributed by atoms with van der Waals surface area (Å²) in [6.07, 6.45) is 2.56. The Hall–Kier alpha value is -2.23. The molecule has 0 spiro atoms. The van der Waals surface area contributed by atoms with Crippen molar-refractivity contribution in [2.24, 2.45) is 10.9 Å². The lowest BCUT2D eigenvalue weighted by atomic mass is 10.1. The second-order valence-electron chi connectivity index (χ2n) is 7.80. The highest BCUT2D eigenvalue weighted by Crippen LogP contribution is 2.19. The Kier molecular flexibility index (Phi) is 10.2. The Morgan fingerprint density at radius 2 is 1.84 bits per heavy atom. The molecule has 1 fully saturated rings. The van der Waals surface area contributed by atoms with E-state index < -0.39 is 0 Å². The number of hydrogen-bond acceptors (Lipinski definition) is 4. The predicted octanol–water partition coefficient (Wildman–Crippen LogP) is 3.86. The molecular weight excluding hydrogens is 507 g/mol. The summed E-state index contributed by atoms with van der Waals surface area (Å²) in [6, 6.07) is 11.5. The van der Waals surface area contributed by atoms with Crippen molar-refractivity contribution >= 4 is 35.8 Å². The molecule has 170 valence electrons. The van der Waals surface area contributed by atoms with Crippen LogP contribution in [0.15, 0.2) is 52.1 Å². The number of para-hydroxylation sites is 1. The first-order valence-corrected chi connectivity index (χ1v) is 10.6. The van der Waals surface area contributed by atoms with Crippen molar-refractivity contribution in [3.63, 3.8) is 0 Å². The van der Waals surface area contributed by atoms with Crippen molar-refractivity contribution in [3.05, 3.63) is 54.0 Å². The number of amides is 1. The second-order valence-corrected chi connectivity index (χ2v) is 7.80. The molecule has 1 amide bonds. The highest BCUT2D eigenvalue weighted by molar-refractivity contribution is 14.0. The van der Waals surface area contributed by atoms with E-state index in [0.717, 1.165) is 43.4 Å². The predicted molar refractivity (Wildman–Crippen MR) is 133 cm³/mol. The molecule has 1 aliphatic heterocycles. The Bertz CT molecular complexity index is 831. The molecule has 0 atom stereocenters. The van der Waals surface area contributed by atoms with Gasteiger partial charge in [-0.2, -0.15) is 0 Å². The van der Waals surface area contributed by atoms with Gasteiger partial charge in [-0.3, -0.25) is 9.79 Å². The van der Waals surface area contributed by atoms with E-state index in [-0.39, 0.29) is 29.9 Å². The van der Waals surface area contributed by atoms with Crippen LogP contribution in [0.5, 0.6) is 5.75 Å². The van der Waals surface area contributed by atoms with Gasteiger partial charge in [0.1, 0.15) is 5.75 Å². The zero-order chi connectivity index (χ0) is 21.3. The molecule has 31 heavy (non-hydrogen) atoms. The van der Waals surface area contributed by atoms with Gasteiger partial charge in [-0.05, 0) is 30.5 Å². The van der Waals surface area contributed by atoms with E-state index in [1.54, 1.807) is 19.2 Å². The Morgan fingerprint density at radius 3 is 2.48 bits per heavy atom. The largest absolute Gasteiger partial charge is 0.493 e. The van der Waals surface area contributed by atoms with Crippen molar-refractivity contribution in [3.8, 4) is 5.75 Å². The molecule has 8 heteroatoms.